The Morgan fingerprint density at radius 2 is 1.95 bits per heavy atom. The Morgan fingerprint density at radius 3 is 2.55 bits per heavy atom. The largest absolute Gasteiger partial charge is 0.443 e. The monoisotopic (exact) mass is 324 g/mol. The molecule has 1 saturated carbocycles. The van der Waals surface area contributed by atoms with Gasteiger partial charge in [0.15, 0.2) is 0 Å². The number of benzene rings is 1. The first kappa shape index (κ1) is 15.3. The van der Waals surface area contributed by atoms with Crippen molar-refractivity contribution in [1.82, 2.24) is 9.62 Å². The molecule has 1 atom stereocenters. The molecule has 0 bridgehead atoms. The molecule has 6 nitrogen and oxygen atoms in total. The van der Waals surface area contributed by atoms with Crippen LogP contribution in [0.25, 0.3) is 0 Å². The van der Waals surface area contributed by atoms with Gasteiger partial charge in [0.05, 0.1) is 11.4 Å². The van der Waals surface area contributed by atoms with Crippen LogP contribution in [0.15, 0.2) is 29.2 Å². The van der Waals surface area contributed by atoms with E-state index in [1.165, 1.54) is 0 Å². The molecule has 1 aliphatic carbocycles. The Hall–Kier alpha value is -1.60. The lowest BCUT2D eigenvalue weighted by atomic mass is 10.2. The summed E-state index contributed by atoms with van der Waals surface area (Å²) in [7, 11) is -3.57. The second-order valence-electron chi connectivity index (χ2n) is 5.74. The van der Waals surface area contributed by atoms with E-state index >= 15 is 0 Å². The summed E-state index contributed by atoms with van der Waals surface area (Å²) >= 11 is 0. The fourth-order valence-electron chi connectivity index (χ4n) is 2.52. The topological polar surface area (TPSA) is 75.7 Å². The van der Waals surface area contributed by atoms with Crippen LogP contribution in [0, 0.1) is 0 Å². The second kappa shape index (κ2) is 5.89. The maximum Gasteiger partial charge on any atom is 0.410 e. The number of hydrogen-bond acceptors (Lipinski definition) is 4. The molecule has 1 amide bonds. The zero-order chi connectivity index (χ0) is 15.7. The number of aryl methyl sites for hydroxylation is 1. The summed E-state index contributed by atoms with van der Waals surface area (Å²) in [6.45, 7) is 2.58. The first-order chi connectivity index (χ1) is 10.5. The van der Waals surface area contributed by atoms with E-state index in [2.05, 4.69) is 4.72 Å². The molecule has 0 aromatic heterocycles. The first-order valence-electron chi connectivity index (χ1n) is 7.55. The molecule has 1 aromatic carbocycles. The fourth-order valence-corrected chi connectivity index (χ4v) is 3.59. The van der Waals surface area contributed by atoms with Gasteiger partial charge in [-0.25, -0.2) is 17.9 Å². The van der Waals surface area contributed by atoms with Gasteiger partial charge in [0, 0.05) is 12.6 Å². The van der Waals surface area contributed by atoms with E-state index in [4.69, 9.17) is 4.74 Å². The Bertz CT molecular complexity index is 653. The summed E-state index contributed by atoms with van der Waals surface area (Å²) < 4.78 is 32.2. The van der Waals surface area contributed by atoms with Crippen molar-refractivity contribution >= 4 is 16.1 Å². The Balaban J connectivity index is 1.59. The minimum Gasteiger partial charge on any atom is -0.443 e. The molecule has 0 spiro atoms. The summed E-state index contributed by atoms with van der Waals surface area (Å²) in [5, 5.41) is 0. The van der Waals surface area contributed by atoms with Gasteiger partial charge in [0.2, 0.25) is 10.0 Å². The van der Waals surface area contributed by atoms with Crippen LogP contribution in [-0.4, -0.2) is 44.6 Å². The van der Waals surface area contributed by atoms with Gasteiger partial charge in [-0.05, 0) is 37.0 Å². The Labute approximate surface area is 130 Å². The molecule has 22 heavy (non-hydrogen) atoms. The molecule has 1 aliphatic heterocycles. The molecule has 1 aromatic rings. The highest BCUT2D eigenvalue weighted by Crippen LogP contribution is 2.30. The molecule has 3 rings (SSSR count). The highest BCUT2D eigenvalue weighted by Gasteiger charge is 2.41. The van der Waals surface area contributed by atoms with E-state index in [1.54, 1.807) is 29.2 Å². The van der Waals surface area contributed by atoms with Crippen molar-refractivity contribution in [3.8, 4) is 0 Å². The van der Waals surface area contributed by atoms with E-state index in [9.17, 15) is 13.2 Å². The van der Waals surface area contributed by atoms with Gasteiger partial charge < -0.3 is 9.64 Å². The van der Waals surface area contributed by atoms with E-state index in [0.717, 1.165) is 24.8 Å². The first-order valence-corrected chi connectivity index (χ1v) is 9.04. The summed E-state index contributed by atoms with van der Waals surface area (Å²) in [6, 6.07) is 7.09. The Kier molecular flexibility index (Phi) is 4.10. The highest BCUT2D eigenvalue weighted by atomic mass is 32.2. The number of sulfonamides is 1. The molecule has 2 fully saturated rings. The van der Waals surface area contributed by atoms with Gasteiger partial charge in [0.1, 0.15) is 6.10 Å². The third-order valence-electron chi connectivity index (χ3n) is 4.03. The number of amides is 1. The fraction of sp³-hybridized carbons (Fsp3) is 0.533. The predicted molar refractivity (Wildman–Crippen MR) is 81.0 cm³/mol. The predicted octanol–water partition coefficient (Wildman–Crippen LogP) is 1.51. The summed E-state index contributed by atoms with van der Waals surface area (Å²) in [5.41, 5.74) is 1.09. The smallest absolute Gasteiger partial charge is 0.410 e. The SMILES string of the molecule is CCc1ccc(S(=O)(=O)NCC2CN(C3CC3)C(=O)O2)cc1. The van der Waals surface area contributed by atoms with Crippen molar-refractivity contribution in [3.63, 3.8) is 0 Å². The molecular formula is C15H20N2O4S. The number of rotatable bonds is 6. The van der Waals surface area contributed by atoms with E-state index < -0.39 is 16.1 Å². The number of nitrogens with zero attached hydrogens (tertiary/aromatic N) is 1. The van der Waals surface area contributed by atoms with Crippen molar-refractivity contribution in [3.05, 3.63) is 29.8 Å². The summed E-state index contributed by atoms with van der Waals surface area (Å²) in [4.78, 5) is 13.6. The van der Waals surface area contributed by atoms with Gasteiger partial charge in [0.25, 0.3) is 0 Å². The van der Waals surface area contributed by atoms with Crippen LogP contribution in [0.5, 0.6) is 0 Å². The molecule has 120 valence electrons. The molecule has 2 aliphatic rings. The third kappa shape index (κ3) is 3.25. The maximum absolute atomic E-state index is 12.2. The Morgan fingerprint density at radius 1 is 1.27 bits per heavy atom. The van der Waals surface area contributed by atoms with Gasteiger partial charge in [-0.2, -0.15) is 0 Å². The van der Waals surface area contributed by atoms with Crippen LogP contribution < -0.4 is 4.72 Å². The molecule has 7 heteroatoms. The molecular weight excluding hydrogens is 304 g/mol. The second-order valence-corrected chi connectivity index (χ2v) is 7.51. The molecule has 1 N–H and O–H groups in total. The van der Waals surface area contributed by atoms with Crippen LogP contribution in [0.3, 0.4) is 0 Å². The lowest BCUT2D eigenvalue weighted by Gasteiger charge is -2.12. The van der Waals surface area contributed by atoms with Crippen LogP contribution in [0.2, 0.25) is 0 Å². The normalized spacial score (nSPS) is 22.0. The molecule has 1 heterocycles. The van der Waals surface area contributed by atoms with Crippen LogP contribution >= 0.6 is 0 Å². The van der Waals surface area contributed by atoms with Gasteiger partial charge in [-0.15, -0.1) is 0 Å². The van der Waals surface area contributed by atoms with Crippen molar-refractivity contribution < 1.29 is 17.9 Å². The zero-order valence-corrected chi connectivity index (χ0v) is 13.3. The molecule has 0 radical (unpaired) electrons. The van der Waals surface area contributed by atoms with E-state index in [-0.39, 0.29) is 23.6 Å². The minimum atomic E-state index is -3.57. The number of nitrogens with one attached hydrogen (secondary N) is 1. The number of carbonyl (C=O) groups is 1. The number of hydrogen-bond donors (Lipinski definition) is 1. The van der Waals surface area contributed by atoms with Gasteiger partial charge >= 0.3 is 6.09 Å². The van der Waals surface area contributed by atoms with Gasteiger partial charge in [-0.3, -0.25) is 0 Å². The van der Waals surface area contributed by atoms with Crippen molar-refractivity contribution in [2.45, 2.75) is 43.2 Å². The minimum absolute atomic E-state index is 0.104. The average molecular weight is 324 g/mol. The van der Waals surface area contributed by atoms with E-state index in [1.807, 2.05) is 6.92 Å². The van der Waals surface area contributed by atoms with Crippen LogP contribution in [0.4, 0.5) is 4.79 Å². The van der Waals surface area contributed by atoms with Crippen molar-refractivity contribution in [2.75, 3.05) is 13.1 Å². The van der Waals surface area contributed by atoms with Gasteiger partial charge in [-0.1, -0.05) is 19.1 Å². The maximum atomic E-state index is 12.2. The summed E-state index contributed by atoms with van der Waals surface area (Å²) in [5.74, 6) is 0. The van der Waals surface area contributed by atoms with Crippen molar-refractivity contribution in [1.29, 1.82) is 0 Å². The third-order valence-corrected chi connectivity index (χ3v) is 5.47. The zero-order valence-electron chi connectivity index (χ0n) is 12.5. The van der Waals surface area contributed by atoms with Crippen LogP contribution in [-0.2, 0) is 21.2 Å². The standard InChI is InChI=1S/C15H20N2O4S/c1-2-11-3-7-14(8-4-11)22(19,20)16-9-13-10-17(12-5-6-12)15(18)21-13/h3-4,7-8,12-13,16H,2,5-6,9-10H2,1H3. The van der Waals surface area contributed by atoms with Crippen molar-refractivity contribution in [2.24, 2.45) is 0 Å². The molecule has 1 saturated heterocycles. The van der Waals surface area contributed by atoms with Crippen LogP contribution in [0.1, 0.15) is 25.3 Å². The number of carbonyl (C=O) groups excluding carboxylic acids is 1. The quantitative estimate of drug-likeness (QED) is 0.860. The highest BCUT2D eigenvalue weighted by molar-refractivity contribution is 7.89. The number of cyclic esters (lactones) is 1. The number of ether oxygens (including phenoxy) is 1. The molecule has 1 unspecified atom stereocenters. The lowest BCUT2D eigenvalue weighted by Crippen LogP contribution is -2.35. The average Bonchev–Trinajstić information content (AvgIpc) is 3.29. The summed E-state index contributed by atoms with van der Waals surface area (Å²) in [6.07, 6.45) is 2.13. The lowest BCUT2D eigenvalue weighted by molar-refractivity contribution is 0.133. The van der Waals surface area contributed by atoms with E-state index in [0.29, 0.717) is 6.54 Å².